The van der Waals surface area contributed by atoms with E-state index in [0.717, 1.165) is 156 Å². The van der Waals surface area contributed by atoms with Crippen LogP contribution in [0.1, 0.15) is 56.5 Å². The van der Waals surface area contributed by atoms with Crippen LogP contribution in [0.3, 0.4) is 0 Å². The summed E-state index contributed by atoms with van der Waals surface area (Å²) in [7, 11) is 0. The minimum absolute atomic E-state index is 0.0554. The SMILES string of the molecule is O=C1C(c2ccc(-c3ccccc3)cc2)=C(C2=CCC(Oc3ccc(C4=C(c5ccc(-c6ccccc6)cc5)C(=O)C(c5ccc(-c6ccccc6)cc5)=C4c4cc(-c5ccccc5)cc(-c5ccccc5)c4)cc3)C=C2)C(c2cc(C#Cc3ccccc3)cc(-c3ccccc3)c2)=C1c1ccc(-c2ccccc2)cc1. The van der Waals surface area contributed by atoms with E-state index < -0.39 is 0 Å². The molecule has 522 valence electrons. The van der Waals surface area contributed by atoms with E-state index >= 15 is 9.59 Å². The molecule has 0 N–H and O–H groups in total. The van der Waals surface area contributed by atoms with Gasteiger partial charge in [0, 0.05) is 62.1 Å². The zero-order chi connectivity index (χ0) is 74.4. The molecule has 0 fully saturated rings. The van der Waals surface area contributed by atoms with Crippen LogP contribution < -0.4 is 4.74 Å². The Labute approximate surface area is 648 Å². The average Bonchev–Trinajstić information content (AvgIpc) is 1.58. The molecule has 0 aromatic heterocycles. The fraction of sp³-hybridized carbons (Fsp3) is 0.0185. The largest absolute Gasteiger partial charge is 0.486 e. The highest BCUT2D eigenvalue weighted by Gasteiger charge is 2.39. The van der Waals surface area contributed by atoms with Crippen LogP contribution in [0.2, 0.25) is 0 Å². The zero-order valence-corrected chi connectivity index (χ0v) is 60.8. The van der Waals surface area contributed by atoms with Gasteiger partial charge < -0.3 is 4.74 Å². The molecule has 3 aliphatic carbocycles. The summed E-state index contributed by atoms with van der Waals surface area (Å²) in [4.78, 5) is 32.7. The topological polar surface area (TPSA) is 43.4 Å². The van der Waals surface area contributed by atoms with Crippen molar-refractivity contribution in [1.82, 2.24) is 0 Å². The van der Waals surface area contributed by atoms with Crippen molar-refractivity contribution in [3.05, 3.63) is 480 Å². The molecule has 0 radical (unpaired) electrons. The van der Waals surface area contributed by atoms with Gasteiger partial charge >= 0.3 is 0 Å². The van der Waals surface area contributed by atoms with Crippen LogP contribution in [0.4, 0.5) is 0 Å². The molecule has 0 saturated heterocycles. The third-order valence-corrected chi connectivity index (χ3v) is 21.2. The number of rotatable bonds is 17. The van der Waals surface area contributed by atoms with Crippen molar-refractivity contribution in [1.29, 1.82) is 0 Å². The van der Waals surface area contributed by atoms with Gasteiger partial charge in [-0.1, -0.05) is 364 Å². The third-order valence-electron chi connectivity index (χ3n) is 21.2. The van der Waals surface area contributed by atoms with Crippen molar-refractivity contribution in [2.75, 3.05) is 0 Å². The first-order valence-corrected chi connectivity index (χ1v) is 37.8. The average molecular weight is 1420 g/mol. The Hall–Kier alpha value is -14.6. The fourth-order valence-corrected chi connectivity index (χ4v) is 15.7. The Balaban J connectivity index is 0.761. The number of benzene rings is 15. The molecule has 0 amide bonds. The van der Waals surface area contributed by atoms with Crippen LogP contribution in [0.25, 0.3) is 117 Å². The number of Topliss-reactive ketones (excluding diaryl/α,β-unsaturated/α-hetero) is 2. The second-order valence-corrected chi connectivity index (χ2v) is 28.2. The Morgan fingerprint density at radius 1 is 0.216 bits per heavy atom. The molecule has 0 aliphatic heterocycles. The molecule has 111 heavy (non-hydrogen) atoms. The summed E-state index contributed by atoms with van der Waals surface area (Å²) in [6, 6.07) is 138. The molecule has 3 aliphatic rings. The molecular formula is C108H72O3. The van der Waals surface area contributed by atoms with E-state index in [4.69, 9.17) is 4.74 Å². The van der Waals surface area contributed by atoms with Gasteiger partial charge in [0.15, 0.2) is 11.6 Å². The summed E-state index contributed by atoms with van der Waals surface area (Å²) in [6.45, 7) is 0. The number of hydrogen-bond acceptors (Lipinski definition) is 3. The lowest BCUT2D eigenvalue weighted by molar-refractivity contribution is -0.109. The monoisotopic (exact) mass is 1420 g/mol. The number of carbonyl (C=O) groups is 2. The second kappa shape index (κ2) is 30.7. The van der Waals surface area contributed by atoms with Gasteiger partial charge in [-0.15, -0.1) is 0 Å². The maximum absolute atomic E-state index is 16.4. The van der Waals surface area contributed by atoms with E-state index in [2.05, 4.69) is 346 Å². The molecule has 15 aromatic carbocycles. The van der Waals surface area contributed by atoms with Gasteiger partial charge in [-0.05, 0) is 189 Å². The zero-order valence-electron chi connectivity index (χ0n) is 60.8. The van der Waals surface area contributed by atoms with E-state index in [9.17, 15) is 0 Å². The fourth-order valence-electron chi connectivity index (χ4n) is 15.7. The van der Waals surface area contributed by atoms with Crippen LogP contribution in [0, 0.1) is 11.8 Å². The van der Waals surface area contributed by atoms with Crippen molar-refractivity contribution in [2.45, 2.75) is 12.5 Å². The van der Waals surface area contributed by atoms with Crippen LogP contribution in [0.5, 0.6) is 5.75 Å². The van der Waals surface area contributed by atoms with Gasteiger partial charge in [-0.3, -0.25) is 9.59 Å². The summed E-state index contributed by atoms with van der Waals surface area (Å²) in [5.41, 5.74) is 29.3. The van der Waals surface area contributed by atoms with E-state index in [-0.39, 0.29) is 17.7 Å². The maximum Gasteiger partial charge on any atom is 0.195 e. The van der Waals surface area contributed by atoms with Gasteiger partial charge in [-0.25, -0.2) is 0 Å². The second-order valence-electron chi connectivity index (χ2n) is 28.2. The third kappa shape index (κ3) is 14.2. The summed E-state index contributed by atoms with van der Waals surface area (Å²) in [6.07, 6.45) is 6.63. The normalized spacial score (nSPS) is 14.0. The van der Waals surface area contributed by atoms with Gasteiger partial charge in [-0.2, -0.15) is 0 Å². The maximum atomic E-state index is 16.4. The van der Waals surface area contributed by atoms with Crippen molar-refractivity contribution < 1.29 is 14.3 Å². The van der Waals surface area contributed by atoms with Crippen molar-refractivity contribution in [3.8, 4) is 95.5 Å². The summed E-state index contributed by atoms with van der Waals surface area (Å²) >= 11 is 0. The molecule has 0 bridgehead atoms. The summed E-state index contributed by atoms with van der Waals surface area (Å²) < 4.78 is 7.10. The Morgan fingerprint density at radius 3 is 0.811 bits per heavy atom. The number of carbonyl (C=O) groups excluding carboxylic acids is 2. The molecule has 1 unspecified atom stereocenters. The number of ether oxygens (including phenoxy) is 1. The molecule has 15 aromatic rings. The van der Waals surface area contributed by atoms with Crippen LogP contribution in [-0.2, 0) is 9.59 Å². The molecule has 0 saturated carbocycles. The number of hydrogen-bond donors (Lipinski definition) is 0. The molecule has 3 nitrogen and oxygen atoms in total. The highest BCUT2D eigenvalue weighted by atomic mass is 16.5. The van der Waals surface area contributed by atoms with Crippen molar-refractivity contribution in [2.24, 2.45) is 0 Å². The minimum atomic E-state index is -0.381. The lowest BCUT2D eigenvalue weighted by atomic mass is 9.85. The van der Waals surface area contributed by atoms with Gasteiger partial charge in [0.1, 0.15) is 11.9 Å². The van der Waals surface area contributed by atoms with Gasteiger partial charge in [0.2, 0.25) is 0 Å². The molecule has 0 heterocycles. The molecular weight excluding hydrogens is 1350 g/mol. The lowest BCUT2D eigenvalue weighted by Crippen LogP contribution is -2.15. The Bertz CT molecular complexity index is 6210. The Morgan fingerprint density at radius 2 is 0.459 bits per heavy atom. The lowest BCUT2D eigenvalue weighted by Gasteiger charge is -2.22. The predicted octanol–water partition coefficient (Wildman–Crippen LogP) is 26.1. The predicted molar refractivity (Wildman–Crippen MR) is 459 cm³/mol. The molecule has 18 rings (SSSR count). The van der Waals surface area contributed by atoms with E-state index in [1.54, 1.807) is 0 Å². The molecule has 3 heteroatoms. The highest BCUT2D eigenvalue weighted by Crippen LogP contribution is 2.53. The van der Waals surface area contributed by atoms with Crippen LogP contribution >= 0.6 is 0 Å². The molecule has 0 spiro atoms. The van der Waals surface area contributed by atoms with E-state index in [0.29, 0.717) is 34.5 Å². The first kappa shape index (κ1) is 68.3. The van der Waals surface area contributed by atoms with E-state index in [1.807, 2.05) is 84.9 Å². The highest BCUT2D eigenvalue weighted by molar-refractivity contribution is 6.59. The summed E-state index contributed by atoms with van der Waals surface area (Å²) in [5, 5.41) is 0. The molecule has 1 atom stereocenters. The number of allylic oxidation sites excluding steroid dienone is 10. The van der Waals surface area contributed by atoms with Crippen LogP contribution in [-0.4, -0.2) is 17.7 Å². The quantitative estimate of drug-likeness (QED) is 0.0854. The first-order valence-electron chi connectivity index (χ1n) is 37.8. The van der Waals surface area contributed by atoms with E-state index in [1.165, 1.54) is 0 Å². The smallest absolute Gasteiger partial charge is 0.195 e. The first-order chi connectivity index (χ1) is 54.8. The van der Waals surface area contributed by atoms with Crippen molar-refractivity contribution >= 4 is 50.6 Å². The van der Waals surface area contributed by atoms with Crippen LogP contribution in [0.15, 0.2) is 430 Å². The summed E-state index contributed by atoms with van der Waals surface area (Å²) in [5.74, 6) is 7.56. The standard InChI is InChI=1S/C108H72O3/c109-107-103(88-51-43-82(44-52-88)75-27-11-2-12-28-75)99(101(105(107)90-55-47-84(48-56-90)77-31-15-4-16-32-77)95-68-74(42-41-73-25-9-1-10-26-73)67-92(70-95)79-35-19-6-20-36-79)86-59-63-97(64-60-86)111-98-65-61-87(62-66-98)100-102(96-71-93(80-37-21-7-22-38-80)69-94(72-96)81-39-23-8-24-40-81)106(91-57-49-85(50-58-91)78-33-17-5-18-34-78)108(110)104(100)89-53-45-83(46-54-89)76-29-13-3-14-30-76/h1-40,43-63,65-72,97H,64H2. The van der Waals surface area contributed by atoms with Gasteiger partial charge in [0.05, 0.1) is 0 Å². The minimum Gasteiger partial charge on any atom is -0.486 e. The Kier molecular flexibility index (Phi) is 18.9. The van der Waals surface area contributed by atoms with Crippen molar-refractivity contribution in [3.63, 3.8) is 0 Å². The van der Waals surface area contributed by atoms with Gasteiger partial charge in [0.25, 0.3) is 0 Å². The number of ketones is 2.